The minimum Gasteiger partial charge on any atom is -0.356 e. The molecule has 0 fully saturated rings. The first-order chi connectivity index (χ1) is 8.78. The average molecular weight is 235 g/mol. The van der Waals surface area contributed by atoms with Gasteiger partial charge in [0.1, 0.15) is 23.9 Å². The lowest BCUT2D eigenvalue weighted by Crippen LogP contribution is -2.00. The first-order valence-corrected chi connectivity index (χ1v) is 4.84. The summed E-state index contributed by atoms with van der Waals surface area (Å²) in [6, 6.07) is 10.2. The Balaban J connectivity index is 2.40. The van der Waals surface area contributed by atoms with E-state index in [9.17, 15) is 0 Å². The van der Waals surface area contributed by atoms with E-state index in [2.05, 4.69) is 10.5 Å². The number of anilines is 1. The third-order valence-electron chi connectivity index (χ3n) is 2.21. The summed E-state index contributed by atoms with van der Waals surface area (Å²) in [4.78, 5) is 0. The standard InChI is InChI=1S/C12H5N5O/c13-4-9(5-14)11(6-15)17-10-2-1-8-7-16-18-12(8)3-10/h1-3,7,17H. The third kappa shape index (κ3) is 1.97. The molecule has 6 nitrogen and oxygen atoms in total. The molecule has 0 saturated carbocycles. The maximum Gasteiger partial charge on any atom is 0.168 e. The number of nitrogens with zero attached hydrogens (tertiary/aromatic N) is 4. The van der Waals surface area contributed by atoms with Crippen molar-refractivity contribution in [2.75, 3.05) is 5.32 Å². The molecule has 84 valence electrons. The van der Waals surface area contributed by atoms with Crippen molar-refractivity contribution in [3.05, 3.63) is 35.7 Å². The molecular formula is C12H5N5O. The molecule has 1 N–H and O–H groups in total. The van der Waals surface area contributed by atoms with Crippen LogP contribution in [0.3, 0.4) is 0 Å². The van der Waals surface area contributed by atoms with E-state index in [0.717, 1.165) is 5.39 Å². The van der Waals surface area contributed by atoms with Gasteiger partial charge in [-0.2, -0.15) is 15.8 Å². The molecule has 1 aromatic carbocycles. The van der Waals surface area contributed by atoms with E-state index in [-0.39, 0.29) is 11.3 Å². The summed E-state index contributed by atoms with van der Waals surface area (Å²) >= 11 is 0. The Labute approximate surface area is 102 Å². The van der Waals surface area contributed by atoms with Crippen LogP contribution in [0.2, 0.25) is 0 Å². The number of hydrogen-bond acceptors (Lipinski definition) is 6. The van der Waals surface area contributed by atoms with E-state index in [1.165, 1.54) is 0 Å². The van der Waals surface area contributed by atoms with Crippen LogP contribution in [-0.4, -0.2) is 5.16 Å². The Morgan fingerprint density at radius 1 is 1.17 bits per heavy atom. The van der Waals surface area contributed by atoms with Crippen LogP contribution in [0, 0.1) is 34.0 Å². The summed E-state index contributed by atoms with van der Waals surface area (Å²) < 4.78 is 4.97. The van der Waals surface area contributed by atoms with Gasteiger partial charge in [0.2, 0.25) is 0 Å². The summed E-state index contributed by atoms with van der Waals surface area (Å²) in [7, 11) is 0. The summed E-state index contributed by atoms with van der Waals surface area (Å²) in [5, 5.41) is 33.4. The Bertz CT molecular complexity index is 735. The van der Waals surface area contributed by atoms with Crippen molar-refractivity contribution >= 4 is 16.7 Å². The monoisotopic (exact) mass is 235 g/mol. The fourth-order valence-electron chi connectivity index (χ4n) is 1.37. The molecule has 2 rings (SSSR count). The zero-order valence-electron chi connectivity index (χ0n) is 9.01. The number of nitrogens with one attached hydrogen (secondary N) is 1. The van der Waals surface area contributed by atoms with E-state index in [0.29, 0.717) is 11.3 Å². The van der Waals surface area contributed by atoms with Gasteiger partial charge in [-0.25, -0.2) is 0 Å². The molecule has 0 radical (unpaired) electrons. The summed E-state index contributed by atoms with van der Waals surface area (Å²) in [5.41, 5.74) is 0.723. The molecule has 0 aliphatic carbocycles. The molecule has 18 heavy (non-hydrogen) atoms. The first-order valence-electron chi connectivity index (χ1n) is 4.84. The smallest absolute Gasteiger partial charge is 0.168 e. The van der Waals surface area contributed by atoms with Gasteiger partial charge >= 0.3 is 0 Å². The number of rotatable bonds is 2. The molecule has 1 heterocycles. The van der Waals surface area contributed by atoms with Crippen LogP contribution in [-0.2, 0) is 0 Å². The number of nitriles is 3. The van der Waals surface area contributed by atoms with Gasteiger partial charge in [0.25, 0.3) is 0 Å². The van der Waals surface area contributed by atoms with Gasteiger partial charge in [0.15, 0.2) is 11.2 Å². The van der Waals surface area contributed by atoms with Crippen LogP contribution in [0.1, 0.15) is 0 Å². The molecule has 2 aromatic rings. The minimum absolute atomic E-state index is 0.0983. The van der Waals surface area contributed by atoms with Crippen molar-refractivity contribution in [1.82, 2.24) is 5.16 Å². The topological polar surface area (TPSA) is 109 Å². The fraction of sp³-hybridized carbons (Fsp3) is 0. The molecule has 1 aromatic heterocycles. The number of hydrogen-bond donors (Lipinski definition) is 1. The molecule has 6 heteroatoms. The van der Waals surface area contributed by atoms with Crippen molar-refractivity contribution in [2.45, 2.75) is 0 Å². The predicted molar refractivity (Wildman–Crippen MR) is 61.5 cm³/mol. The van der Waals surface area contributed by atoms with Gasteiger partial charge in [0, 0.05) is 17.1 Å². The molecule has 0 aliphatic rings. The Morgan fingerprint density at radius 2 is 1.94 bits per heavy atom. The number of aromatic nitrogens is 1. The molecule has 0 unspecified atom stereocenters. The van der Waals surface area contributed by atoms with E-state index in [1.807, 2.05) is 0 Å². The van der Waals surface area contributed by atoms with Gasteiger partial charge < -0.3 is 9.84 Å². The largest absolute Gasteiger partial charge is 0.356 e. The van der Waals surface area contributed by atoms with E-state index < -0.39 is 0 Å². The summed E-state index contributed by atoms with van der Waals surface area (Å²) in [5.74, 6) is 0. The second kappa shape index (κ2) is 4.69. The summed E-state index contributed by atoms with van der Waals surface area (Å²) in [6.45, 7) is 0. The van der Waals surface area contributed by atoms with Crippen LogP contribution in [0.4, 0.5) is 5.69 Å². The molecule has 0 bridgehead atoms. The maximum atomic E-state index is 8.88. The highest BCUT2D eigenvalue weighted by Gasteiger charge is 2.07. The van der Waals surface area contributed by atoms with E-state index in [4.69, 9.17) is 20.3 Å². The van der Waals surface area contributed by atoms with Crippen molar-refractivity contribution in [3.63, 3.8) is 0 Å². The molecule has 0 spiro atoms. The molecule has 0 saturated heterocycles. The zero-order chi connectivity index (χ0) is 13.0. The fourth-order valence-corrected chi connectivity index (χ4v) is 1.37. The van der Waals surface area contributed by atoms with E-state index in [1.54, 1.807) is 42.6 Å². The quantitative estimate of drug-likeness (QED) is 0.797. The predicted octanol–water partition coefficient (Wildman–Crippen LogP) is 2.06. The highest BCUT2D eigenvalue weighted by molar-refractivity contribution is 5.80. The molecule has 0 amide bonds. The molecule has 0 atom stereocenters. The second-order valence-electron chi connectivity index (χ2n) is 3.29. The van der Waals surface area contributed by atoms with Crippen LogP contribution in [0.5, 0.6) is 0 Å². The highest BCUT2D eigenvalue weighted by atomic mass is 16.5. The number of benzene rings is 1. The second-order valence-corrected chi connectivity index (χ2v) is 3.29. The van der Waals surface area contributed by atoms with Crippen LogP contribution < -0.4 is 5.32 Å². The van der Waals surface area contributed by atoms with Crippen molar-refractivity contribution in [2.24, 2.45) is 0 Å². The van der Waals surface area contributed by atoms with Crippen molar-refractivity contribution in [1.29, 1.82) is 15.8 Å². The summed E-state index contributed by atoms with van der Waals surface area (Å²) in [6.07, 6.45) is 1.57. The van der Waals surface area contributed by atoms with Gasteiger partial charge in [-0.05, 0) is 12.1 Å². The minimum atomic E-state index is -0.268. The molecular weight excluding hydrogens is 230 g/mol. The maximum absolute atomic E-state index is 8.88. The SMILES string of the molecule is N#CC(C#N)=C(C#N)Nc1ccc2cnoc2c1. The number of fused-ring (bicyclic) bond motifs is 1. The zero-order valence-corrected chi connectivity index (χ0v) is 9.01. The highest BCUT2D eigenvalue weighted by Crippen LogP contribution is 2.20. The average Bonchev–Trinajstić information content (AvgIpc) is 2.86. The van der Waals surface area contributed by atoms with Gasteiger partial charge in [-0.3, -0.25) is 0 Å². The Morgan fingerprint density at radius 3 is 2.61 bits per heavy atom. The number of allylic oxidation sites excluding steroid dienone is 2. The van der Waals surface area contributed by atoms with Crippen molar-refractivity contribution in [3.8, 4) is 18.2 Å². The normalized spacial score (nSPS) is 8.94. The van der Waals surface area contributed by atoms with Crippen LogP contribution in [0.25, 0.3) is 11.0 Å². The van der Waals surface area contributed by atoms with Crippen LogP contribution in [0.15, 0.2) is 40.2 Å². The first kappa shape index (κ1) is 11.2. The lowest BCUT2D eigenvalue weighted by Gasteiger charge is -2.03. The van der Waals surface area contributed by atoms with Gasteiger partial charge in [-0.15, -0.1) is 0 Å². The van der Waals surface area contributed by atoms with E-state index >= 15 is 0 Å². The lowest BCUT2D eigenvalue weighted by molar-refractivity contribution is 0.456. The Kier molecular flexibility index (Phi) is 2.92. The third-order valence-corrected chi connectivity index (χ3v) is 2.21. The van der Waals surface area contributed by atoms with Gasteiger partial charge in [0.05, 0.1) is 6.20 Å². The Hall–Kier alpha value is -3.30. The lowest BCUT2D eigenvalue weighted by atomic mass is 10.2. The van der Waals surface area contributed by atoms with Gasteiger partial charge in [-0.1, -0.05) is 5.16 Å². The van der Waals surface area contributed by atoms with Crippen molar-refractivity contribution < 1.29 is 4.52 Å². The molecule has 0 aliphatic heterocycles. The van der Waals surface area contributed by atoms with Crippen LogP contribution >= 0.6 is 0 Å².